The molecule has 1 aromatic carbocycles. The van der Waals surface area contributed by atoms with Crippen LogP contribution in [0.2, 0.25) is 0 Å². The first-order valence-electron chi connectivity index (χ1n) is 13.6. The highest BCUT2D eigenvalue weighted by molar-refractivity contribution is 7.92. The molecule has 6 rings (SSSR count). The highest BCUT2D eigenvalue weighted by Gasteiger charge is 2.52. The molecule has 3 heterocycles. The van der Waals surface area contributed by atoms with Crippen LogP contribution in [0.5, 0.6) is 0 Å². The number of hydrogen-bond acceptors (Lipinski definition) is 7. The lowest BCUT2D eigenvalue weighted by Gasteiger charge is -2.43. The first-order valence-corrected chi connectivity index (χ1v) is 15.1. The maximum Gasteiger partial charge on any atom is 0.417 e. The summed E-state index contributed by atoms with van der Waals surface area (Å²) in [6.07, 6.45) is 0.862. The van der Waals surface area contributed by atoms with E-state index in [1.807, 2.05) is 13.8 Å². The number of sulfone groups is 1. The maximum absolute atomic E-state index is 14.3. The molecule has 0 bridgehead atoms. The number of pyridine rings is 1. The molecule has 9 nitrogen and oxygen atoms in total. The number of allylic oxidation sites excluding steroid dienone is 1. The van der Waals surface area contributed by atoms with Gasteiger partial charge in [-0.2, -0.15) is 28.2 Å². The van der Waals surface area contributed by atoms with Crippen molar-refractivity contribution in [2.24, 2.45) is 5.41 Å². The molecule has 14 heteroatoms. The Bertz CT molecular complexity index is 1840. The minimum Gasteiger partial charge on any atom is -0.291 e. The topological polar surface area (TPSA) is 113 Å². The van der Waals surface area contributed by atoms with Gasteiger partial charge in [-0.05, 0) is 87.6 Å². The second kappa shape index (κ2) is 10.2. The summed E-state index contributed by atoms with van der Waals surface area (Å²) in [4.78, 5) is 19.4. The van der Waals surface area contributed by atoms with Crippen LogP contribution in [-0.4, -0.2) is 49.2 Å². The van der Waals surface area contributed by atoms with E-state index in [9.17, 15) is 30.8 Å². The van der Waals surface area contributed by atoms with Crippen LogP contribution < -0.4 is 0 Å². The standard InChI is InChI=1S/C29H26F4N6O3S/c1-17(2)39-36-16-26(37-39)43(41,42)23-9-3-19-11-25-18(14-35-38(25)22-7-5-21(30)6-8-22)12-28(19,13-23)27(40)24-10-4-20(15-34-24)29(31,32)33/h4-8,10-11,14-17,23H,3,9,12-13H2,1-2H3/t23-,28-/m0/s1. The van der Waals surface area contributed by atoms with Crippen LogP contribution in [0.3, 0.4) is 0 Å². The Morgan fingerprint density at radius 3 is 2.42 bits per heavy atom. The van der Waals surface area contributed by atoms with Gasteiger partial charge in [0.15, 0.2) is 10.8 Å². The molecular weight excluding hydrogens is 588 g/mol. The van der Waals surface area contributed by atoms with E-state index in [0.717, 1.165) is 12.1 Å². The number of Topliss-reactive ketones (excluding diaryl/α,β-unsaturated/α-hetero) is 1. The van der Waals surface area contributed by atoms with Gasteiger partial charge in [-0.1, -0.05) is 5.57 Å². The third-order valence-corrected chi connectivity index (χ3v) is 10.2. The van der Waals surface area contributed by atoms with Gasteiger partial charge in [0.05, 0.1) is 46.0 Å². The fraction of sp³-hybridized carbons (Fsp3) is 0.345. The highest BCUT2D eigenvalue weighted by atomic mass is 32.2. The maximum atomic E-state index is 14.3. The number of ketones is 1. The minimum atomic E-state index is -4.63. The molecule has 2 aliphatic rings. The molecule has 0 aliphatic heterocycles. The normalized spacial score (nSPS) is 20.4. The zero-order valence-electron chi connectivity index (χ0n) is 23.1. The Morgan fingerprint density at radius 2 is 1.79 bits per heavy atom. The first-order chi connectivity index (χ1) is 20.3. The monoisotopic (exact) mass is 614 g/mol. The molecule has 0 spiro atoms. The molecule has 43 heavy (non-hydrogen) atoms. The summed E-state index contributed by atoms with van der Waals surface area (Å²) in [6, 6.07) is 7.38. The Morgan fingerprint density at radius 1 is 1.05 bits per heavy atom. The van der Waals surface area contributed by atoms with Crippen LogP contribution >= 0.6 is 0 Å². The van der Waals surface area contributed by atoms with Crippen LogP contribution in [0.4, 0.5) is 17.6 Å². The second-order valence-electron chi connectivity index (χ2n) is 11.1. The third-order valence-electron chi connectivity index (χ3n) is 8.12. The fourth-order valence-corrected chi connectivity index (χ4v) is 7.53. The van der Waals surface area contributed by atoms with E-state index in [1.165, 1.54) is 23.1 Å². The van der Waals surface area contributed by atoms with Gasteiger partial charge in [-0.3, -0.25) is 9.78 Å². The first kappa shape index (κ1) is 28.9. The van der Waals surface area contributed by atoms with E-state index < -0.39 is 43.8 Å². The Labute approximate surface area is 244 Å². The molecule has 0 radical (unpaired) electrons. The minimum absolute atomic E-state index is 0.0571. The van der Waals surface area contributed by atoms with Gasteiger partial charge in [0.2, 0.25) is 9.84 Å². The van der Waals surface area contributed by atoms with Crippen molar-refractivity contribution in [1.29, 1.82) is 0 Å². The van der Waals surface area contributed by atoms with Crippen LogP contribution in [0.25, 0.3) is 11.8 Å². The summed E-state index contributed by atoms with van der Waals surface area (Å²) in [5.74, 6) is -0.983. The van der Waals surface area contributed by atoms with E-state index >= 15 is 0 Å². The number of carbonyl (C=O) groups is 1. The quantitative estimate of drug-likeness (QED) is 0.210. The lowest BCUT2D eigenvalue weighted by atomic mass is 9.61. The summed E-state index contributed by atoms with van der Waals surface area (Å²) in [5.41, 5.74) is -0.0810. The van der Waals surface area contributed by atoms with E-state index in [1.54, 1.807) is 29.1 Å². The zero-order chi connectivity index (χ0) is 30.7. The van der Waals surface area contributed by atoms with Crippen LogP contribution in [0.15, 0.2) is 65.6 Å². The van der Waals surface area contributed by atoms with Crippen molar-refractivity contribution < 1.29 is 30.8 Å². The van der Waals surface area contributed by atoms with Crippen LogP contribution in [0, 0.1) is 11.2 Å². The van der Waals surface area contributed by atoms with Gasteiger partial charge >= 0.3 is 6.18 Å². The predicted octanol–water partition coefficient (Wildman–Crippen LogP) is 5.43. The van der Waals surface area contributed by atoms with Gasteiger partial charge < -0.3 is 0 Å². The SMILES string of the molecule is CC(C)n1ncc(S(=O)(=O)[C@H]2CCC3=Cc4c(cnn4-c4ccc(F)cc4)C[C@]3(C(=O)c3ccc(C(F)(F)F)cn3)C2)n1. The average molecular weight is 615 g/mol. The third kappa shape index (κ3) is 4.96. The van der Waals surface area contributed by atoms with E-state index in [4.69, 9.17) is 0 Å². The average Bonchev–Trinajstić information content (AvgIpc) is 3.64. The molecule has 4 aromatic rings. The van der Waals surface area contributed by atoms with Crippen molar-refractivity contribution in [1.82, 2.24) is 29.8 Å². The number of alkyl halides is 3. The van der Waals surface area contributed by atoms with Gasteiger partial charge in [-0.25, -0.2) is 17.5 Å². The molecule has 2 atom stereocenters. The molecule has 1 fully saturated rings. The number of halogens is 4. The Kier molecular flexibility index (Phi) is 6.86. The zero-order valence-corrected chi connectivity index (χ0v) is 23.9. The number of rotatable bonds is 6. The van der Waals surface area contributed by atoms with Gasteiger partial charge in [0.25, 0.3) is 0 Å². The summed E-state index contributed by atoms with van der Waals surface area (Å²) in [5, 5.41) is 11.5. The number of hydrogen-bond donors (Lipinski definition) is 0. The molecule has 3 aromatic heterocycles. The van der Waals surface area contributed by atoms with Gasteiger partial charge in [0.1, 0.15) is 11.5 Å². The van der Waals surface area contributed by atoms with Crippen LogP contribution in [0.1, 0.15) is 66.5 Å². The number of aromatic nitrogens is 6. The van der Waals surface area contributed by atoms with E-state index in [2.05, 4.69) is 20.3 Å². The van der Waals surface area contributed by atoms with Crippen LogP contribution in [-0.2, 0) is 22.4 Å². The van der Waals surface area contributed by atoms with Crippen molar-refractivity contribution in [2.45, 2.75) is 62.0 Å². The number of benzene rings is 1. The van der Waals surface area contributed by atoms with Gasteiger partial charge in [0, 0.05) is 6.20 Å². The predicted molar refractivity (Wildman–Crippen MR) is 146 cm³/mol. The summed E-state index contributed by atoms with van der Waals surface area (Å²) < 4.78 is 82.4. The largest absolute Gasteiger partial charge is 0.417 e. The smallest absolute Gasteiger partial charge is 0.291 e. The molecule has 224 valence electrons. The lowest BCUT2D eigenvalue weighted by Crippen LogP contribution is -2.46. The molecule has 1 saturated carbocycles. The van der Waals surface area contributed by atoms with Crippen molar-refractivity contribution in [2.75, 3.05) is 0 Å². The molecule has 0 amide bonds. The van der Waals surface area contributed by atoms with E-state index in [0.29, 0.717) is 28.7 Å². The number of carbonyl (C=O) groups excluding carboxylic acids is 1. The second-order valence-corrected chi connectivity index (χ2v) is 13.3. The number of fused-ring (bicyclic) bond motifs is 2. The Hall–Kier alpha value is -4.20. The van der Waals surface area contributed by atoms with Crippen molar-refractivity contribution in [3.8, 4) is 5.69 Å². The lowest BCUT2D eigenvalue weighted by molar-refractivity contribution is -0.137. The molecule has 2 aliphatic carbocycles. The van der Waals surface area contributed by atoms with Crippen molar-refractivity contribution >= 4 is 21.7 Å². The summed E-state index contributed by atoms with van der Waals surface area (Å²) in [6.45, 7) is 3.62. The van der Waals surface area contributed by atoms with E-state index in [-0.39, 0.29) is 42.4 Å². The molecular formula is C29H26F4N6O3S. The Balaban J connectivity index is 1.43. The molecule has 0 N–H and O–H groups in total. The summed E-state index contributed by atoms with van der Waals surface area (Å²) >= 11 is 0. The van der Waals surface area contributed by atoms with Crippen molar-refractivity contribution in [3.05, 3.63) is 88.9 Å². The van der Waals surface area contributed by atoms with Gasteiger partial charge in [-0.15, -0.1) is 5.10 Å². The van der Waals surface area contributed by atoms with Crippen molar-refractivity contribution in [3.63, 3.8) is 0 Å². The molecule has 0 unspecified atom stereocenters. The number of nitrogens with zero attached hydrogens (tertiary/aromatic N) is 6. The highest BCUT2D eigenvalue weighted by Crippen LogP contribution is 2.51. The fourth-order valence-electron chi connectivity index (χ4n) is 5.87. The molecule has 0 saturated heterocycles. The summed E-state index contributed by atoms with van der Waals surface area (Å²) in [7, 11) is -4.02.